The van der Waals surface area contributed by atoms with E-state index in [0.717, 1.165) is 0 Å². The average Bonchev–Trinajstić information content (AvgIpc) is 3.09. The second-order valence-corrected chi connectivity index (χ2v) is 9.29. The summed E-state index contributed by atoms with van der Waals surface area (Å²) in [6.07, 6.45) is 4.24. The third-order valence-corrected chi connectivity index (χ3v) is 6.87. The first-order valence-corrected chi connectivity index (χ1v) is 11.0. The van der Waals surface area contributed by atoms with Gasteiger partial charge in [-0.05, 0) is 31.9 Å². The zero-order valence-electron chi connectivity index (χ0n) is 17.1. The van der Waals surface area contributed by atoms with Crippen LogP contribution in [0.15, 0.2) is 39.9 Å². The van der Waals surface area contributed by atoms with Crippen LogP contribution in [-0.4, -0.2) is 55.9 Å². The van der Waals surface area contributed by atoms with Crippen LogP contribution in [0.4, 0.5) is 10.1 Å². The van der Waals surface area contributed by atoms with Gasteiger partial charge in [-0.2, -0.15) is 4.31 Å². The molecule has 0 radical (unpaired) electrons. The summed E-state index contributed by atoms with van der Waals surface area (Å²) >= 11 is 0. The molecule has 0 unspecified atom stereocenters. The lowest BCUT2D eigenvalue weighted by Crippen LogP contribution is -2.44. The molecule has 1 atom stereocenters. The molecule has 1 saturated heterocycles. The molecule has 3 rings (SSSR count). The van der Waals surface area contributed by atoms with Crippen molar-refractivity contribution in [1.82, 2.24) is 14.4 Å². The van der Waals surface area contributed by atoms with Crippen molar-refractivity contribution in [2.75, 3.05) is 32.5 Å². The molecule has 10 heteroatoms. The van der Waals surface area contributed by atoms with Crippen molar-refractivity contribution in [3.63, 3.8) is 0 Å². The van der Waals surface area contributed by atoms with Gasteiger partial charge < -0.3 is 14.7 Å². The number of amides is 1. The van der Waals surface area contributed by atoms with Gasteiger partial charge in [-0.1, -0.05) is 17.3 Å². The Kier molecular flexibility index (Phi) is 6.57. The van der Waals surface area contributed by atoms with E-state index in [-0.39, 0.29) is 35.1 Å². The molecular weight excluding hydrogens is 411 g/mol. The van der Waals surface area contributed by atoms with Gasteiger partial charge in [0, 0.05) is 39.5 Å². The highest BCUT2D eigenvalue weighted by molar-refractivity contribution is 7.89. The van der Waals surface area contributed by atoms with E-state index in [4.69, 9.17) is 4.52 Å². The maximum atomic E-state index is 13.8. The third kappa shape index (κ3) is 4.71. The standard InChI is InChI=1S/C20H25FN4O4S/c1-14-19(18(29-23-14)10-12-24(2)3)30(27,28)25-11-6-7-15(13-25)20(26)22-17-9-5-4-8-16(17)21/h4-5,8-10,12,15H,6-7,11,13H2,1-3H3,(H,22,26)/b12-10+/t15-/m1/s1. The number of benzene rings is 1. The summed E-state index contributed by atoms with van der Waals surface area (Å²) in [5.74, 6) is -1.40. The second kappa shape index (κ2) is 8.97. The van der Waals surface area contributed by atoms with Gasteiger partial charge in [0.25, 0.3) is 0 Å². The molecule has 8 nitrogen and oxygen atoms in total. The normalized spacial score (nSPS) is 17.9. The van der Waals surface area contributed by atoms with E-state index in [2.05, 4.69) is 10.5 Å². The Morgan fingerprint density at radius 2 is 2.10 bits per heavy atom. The monoisotopic (exact) mass is 436 g/mol. The number of sulfonamides is 1. The van der Waals surface area contributed by atoms with Crippen molar-refractivity contribution in [1.29, 1.82) is 0 Å². The highest BCUT2D eigenvalue weighted by Gasteiger charge is 2.37. The quantitative estimate of drug-likeness (QED) is 0.748. The highest BCUT2D eigenvalue weighted by Crippen LogP contribution is 2.29. The Morgan fingerprint density at radius 3 is 2.80 bits per heavy atom. The summed E-state index contributed by atoms with van der Waals surface area (Å²) < 4.78 is 46.9. The van der Waals surface area contributed by atoms with Crippen molar-refractivity contribution in [3.05, 3.63) is 47.7 Å². The maximum Gasteiger partial charge on any atom is 0.248 e. The summed E-state index contributed by atoms with van der Waals surface area (Å²) in [6.45, 7) is 1.85. The molecule has 2 aromatic rings. The van der Waals surface area contributed by atoms with Gasteiger partial charge in [-0.3, -0.25) is 4.79 Å². The number of hydrogen-bond donors (Lipinski definition) is 1. The predicted molar refractivity (Wildman–Crippen MR) is 110 cm³/mol. The molecule has 1 aromatic carbocycles. The first-order chi connectivity index (χ1) is 14.2. The molecule has 0 bridgehead atoms. The van der Waals surface area contributed by atoms with E-state index < -0.39 is 27.7 Å². The number of aromatic nitrogens is 1. The Balaban J connectivity index is 1.80. The Labute approximate surface area is 175 Å². The number of anilines is 1. The van der Waals surface area contributed by atoms with Gasteiger partial charge in [-0.25, -0.2) is 12.8 Å². The predicted octanol–water partition coefficient (Wildman–Crippen LogP) is 2.69. The molecule has 1 fully saturated rings. The molecule has 2 heterocycles. The van der Waals surface area contributed by atoms with E-state index in [1.54, 1.807) is 44.3 Å². The van der Waals surface area contributed by atoms with Crippen LogP contribution in [0, 0.1) is 18.7 Å². The van der Waals surface area contributed by atoms with E-state index in [1.807, 2.05) is 0 Å². The van der Waals surface area contributed by atoms with Gasteiger partial charge >= 0.3 is 0 Å². The third-order valence-electron chi connectivity index (χ3n) is 4.84. The van der Waals surface area contributed by atoms with Crippen molar-refractivity contribution in [2.45, 2.75) is 24.7 Å². The summed E-state index contributed by atoms with van der Waals surface area (Å²) in [7, 11) is -0.316. The van der Waals surface area contributed by atoms with Crippen LogP contribution in [0.3, 0.4) is 0 Å². The van der Waals surface area contributed by atoms with Crippen molar-refractivity contribution in [3.8, 4) is 0 Å². The molecule has 1 aliphatic heterocycles. The van der Waals surface area contributed by atoms with Gasteiger partial charge in [0.05, 0.1) is 11.6 Å². The lowest BCUT2D eigenvalue weighted by molar-refractivity contribution is -0.120. The number of para-hydroxylation sites is 1. The lowest BCUT2D eigenvalue weighted by Gasteiger charge is -2.31. The van der Waals surface area contributed by atoms with Crippen LogP contribution in [0.2, 0.25) is 0 Å². The van der Waals surface area contributed by atoms with E-state index in [9.17, 15) is 17.6 Å². The van der Waals surface area contributed by atoms with Crippen LogP contribution in [-0.2, 0) is 14.8 Å². The number of nitrogens with zero attached hydrogens (tertiary/aromatic N) is 3. The minimum absolute atomic E-state index is 0.00392. The second-order valence-electron chi connectivity index (χ2n) is 7.41. The molecule has 0 spiro atoms. The zero-order chi connectivity index (χ0) is 21.9. The SMILES string of the molecule is Cc1noc(/C=C/N(C)C)c1S(=O)(=O)N1CCC[C@@H](C(=O)Nc2ccccc2F)C1. The van der Waals surface area contributed by atoms with Gasteiger partial charge in [0.2, 0.25) is 15.9 Å². The summed E-state index contributed by atoms with van der Waals surface area (Å²) in [4.78, 5) is 14.4. The van der Waals surface area contributed by atoms with Crippen LogP contribution in [0.1, 0.15) is 24.3 Å². The smallest absolute Gasteiger partial charge is 0.248 e. The van der Waals surface area contributed by atoms with Crippen LogP contribution in [0.5, 0.6) is 0 Å². The Morgan fingerprint density at radius 1 is 1.37 bits per heavy atom. The fraction of sp³-hybridized carbons (Fsp3) is 0.400. The molecule has 1 aromatic heterocycles. The average molecular weight is 437 g/mol. The van der Waals surface area contributed by atoms with Crippen molar-refractivity contribution in [2.24, 2.45) is 5.92 Å². The lowest BCUT2D eigenvalue weighted by atomic mass is 9.98. The van der Waals surface area contributed by atoms with E-state index >= 15 is 0 Å². The fourth-order valence-corrected chi connectivity index (χ4v) is 5.09. The molecule has 1 aliphatic rings. The van der Waals surface area contributed by atoms with Crippen LogP contribution in [0.25, 0.3) is 6.08 Å². The number of halogens is 1. The largest absolute Gasteiger partial charge is 0.383 e. The molecular formula is C20H25FN4O4S. The number of aryl methyl sites for hydroxylation is 1. The number of carbonyl (C=O) groups excluding carboxylic acids is 1. The topological polar surface area (TPSA) is 95.8 Å². The molecule has 1 N–H and O–H groups in total. The first-order valence-electron chi connectivity index (χ1n) is 9.56. The van der Waals surface area contributed by atoms with Gasteiger partial charge in [0.15, 0.2) is 10.7 Å². The minimum atomic E-state index is -3.92. The van der Waals surface area contributed by atoms with Crippen molar-refractivity contribution >= 4 is 27.7 Å². The maximum absolute atomic E-state index is 13.8. The van der Waals surface area contributed by atoms with E-state index in [1.165, 1.54) is 22.5 Å². The molecule has 30 heavy (non-hydrogen) atoms. The summed E-state index contributed by atoms with van der Waals surface area (Å²) in [6, 6.07) is 5.87. The van der Waals surface area contributed by atoms with E-state index in [0.29, 0.717) is 12.8 Å². The van der Waals surface area contributed by atoms with Crippen LogP contribution < -0.4 is 5.32 Å². The Hall–Kier alpha value is -2.72. The summed E-state index contributed by atoms with van der Waals surface area (Å²) in [5, 5.41) is 6.36. The number of hydrogen-bond acceptors (Lipinski definition) is 6. The summed E-state index contributed by atoms with van der Waals surface area (Å²) in [5.41, 5.74) is 0.333. The molecule has 0 aliphatic carbocycles. The van der Waals surface area contributed by atoms with Gasteiger partial charge in [-0.15, -0.1) is 0 Å². The molecule has 162 valence electrons. The number of rotatable bonds is 6. The fourth-order valence-electron chi connectivity index (χ4n) is 3.32. The molecule has 0 saturated carbocycles. The number of piperidine rings is 1. The minimum Gasteiger partial charge on any atom is -0.383 e. The number of nitrogens with one attached hydrogen (secondary N) is 1. The zero-order valence-corrected chi connectivity index (χ0v) is 17.9. The van der Waals surface area contributed by atoms with Crippen LogP contribution >= 0.6 is 0 Å². The van der Waals surface area contributed by atoms with Crippen molar-refractivity contribution < 1.29 is 22.1 Å². The highest BCUT2D eigenvalue weighted by atomic mass is 32.2. The van der Waals surface area contributed by atoms with Gasteiger partial charge in [0.1, 0.15) is 11.5 Å². The first kappa shape index (κ1) is 22.0. The molecule has 1 amide bonds. The Bertz CT molecular complexity index is 1050. The number of carbonyl (C=O) groups is 1.